The molecule has 1 heterocycles. The SMILES string of the molecule is CN(C)c1ccnc(-c2[c-]cc(Oc3ccccc3)cc2Oc2ccccc2)c1.O=C(/C=C(\O)C(F)(F)F)C(F)(F)F.[Ir]. The van der Waals surface area contributed by atoms with Crippen LogP contribution in [-0.4, -0.2) is 42.3 Å². The summed E-state index contributed by atoms with van der Waals surface area (Å²) in [5.41, 5.74) is 2.62. The summed E-state index contributed by atoms with van der Waals surface area (Å²) in [7, 11) is 4.00. The number of aromatic nitrogens is 1. The van der Waals surface area contributed by atoms with E-state index in [1.165, 1.54) is 0 Å². The van der Waals surface area contributed by atoms with Gasteiger partial charge in [-0.05, 0) is 36.0 Å². The van der Waals surface area contributed by atoms with Crippen LogP contribution in [0.1, 0.15) is 0 Å². The molecule has 0 bridgehead atoms. The van der Waals surface area contributed by atoms with Crippen molar-refractivity contribution < 1.29 is 65.8 Å². The first-order valence-corrected chi connectivity index (χ1v) is 12.0. The fraction of sp³-hybridized carbons (Fsp3) is 0.133. The monoisotopic (exact) mass is 782 g/mol. The maximum Gasteiger partial charge on any atom is 0.454 e. The number of hydrogen-bond donors (Lipinski definition) is 1. The topological polar surface area (TPSA) is 71.9 Å². The molecule has 3 aromatic carbocycles. The van der Waals surface area contributed by atoms with Crippen LogP contribution < -0.4 is 14.4 Å². The smallest absolute Gasteiger partial charge is 0.454 e. The van der Waals surface area contributed by atoms with Crippen molar-refractivity contribution in [2.75, 3.05) is 19.0 Å². The van der Waals surface area contributed by atoms with Gasteiger partial charge in [0, 0.05) is 63.7 Å². The van der Waals surface area contributed by atoms with Crippen LogP contribution in [0, 0.1) is 6.07 Å². The molecular formula is C30H23F6IrN2O4-. The molecule has 1 N–H and O–H groups in total. The number of carbonyl (C=O) groups is 1. The average Bonchev–Trinajstić information content (AvgIpc) is 2.94. The molecule has 0 fully saturated rings. The number of ketones is 1. The zero-order valence-electron chi connectivity index (χ0n) is 22.4. The Bertz CT molecular complexity index is 1510. The van der Waals surface area contributed by atoms with Gasteiger partial charge in [0.05, 0.1) is 0 Å². The summed E-state index contributed by atoms with van der Waals surface area (Å²) in [6, 6.07) is 30.3. The van der Waals surface area contributed by atoms with Crippen LogP contribution in [0.3, 0.4) is 0 Å². The van der Waals surface area contributed by atoms with Gasteiger partial charge in [0.15, 0.2) is 0 Å². The number of allylic oxidation sites excluding steroid dienone is 2. The number of aliphatic hydroxyl groups is 1. The first kappa shape index (κ1) is 34.8. The van der Waals surface area contributed by atoms with Crippen LogP contribution in [-0.2, 0) is 24.9 Å². The van der Waals surface area contributed by atoms with Gasteiger partial charge in [0.25, 0.3) is 5.78 Å². The molecule has 4 rings (SSSR count). The maximum atomic E-state index is 11.4. The molecule has 229 valence electrons. The number of ether oxygens (including phenoxy) is 2. The fourth-order valence-electron chi connectivity index (χ4n) is 3.16. The van der Waals surface area contributed by atoms with E-state index in [4.69, 9.17) is 14.6 Å². The van der Waals surface area contributed by atoms with Crippen molar-refractivity contribution in [3.63, 3.8) is 0 Å². The van der Waals surface area contributed by atoms with E-state index in [0.29, 0.717) is 11.5 Å². The molecule has 43 heavy (non-hydrogen) atoms. The Morgan fingerprint density at radius 2 is 1.40 bits per heavy atom. The van der Waals surface area contributed by atoms with Gasteiger partial charge < -0.3 is 24.5 Å². The number of hydrogen-bond acceptors (Lipinski definition) is 6. The summed E-state index contributed by atoms with van der Waals surface area (Å²) in [5, 5.41) is 7.93. The molecule has 0 aliphatic heterocycles. The summed E-state index contributed by atoms with van der Waals surface area (Å²) in [4.78, 5) is 16.4. The van der Waals surface area contributed by atoms with E-state index in [0.717, 1.165) is 28.4 Å². The zero-order chi connectivity index (χ0) is 30.9. The minimum Gasteiger partial charge on any atom is -0.504 e. The van der Waals surface area contributed by atoms with Crippen LogP contribution in [0.5, 0.6) is 23.0 Å². The van der Waals surface area contributed by atoms with Gasteiger partial charge in [-0.25, -0.2) is 0 Å². The standard InChI is InChI=1S/C25H21N2O2.C5H2F6O2.Ir/c1-27(2)19-15-16-26-24(17-19)23-14-13-22(28-20-9-5-3-6-10-20)18-25(23)29-21-11-7-4-8-12-21;6-4(7,8)2(12)1-3(13)5(9,10)11;/h3-13,15-18H,1-2H3;1,12H;/q-1;;/b;2-1-;. The number of benzene rings is 3. The number of anilines is 1. The van der Waals surface area contributed by atoms with E-state index < -0.39 is 30.0 Å². The van der Waals surface area contributed by atoms with Crippen molar-refractivity contribution in [2.45, 2.75) is 12.4 Å². The molecule has 4 aromatic rings. The minimum absolute atomic E-state index is 0. The third-order valence-corrected chi connectivity index (χ3v) is 5.18. The van der Waals surface area contributed by atoms with Crippen molar-refractivity contribution >= 4 is 11.5 Å². The predicted octanol–water partition coefficient (Wildman–Crippen LogP) is 8.32. The number of halogens is 6. The van der Waals surface area contributed by atoms with Crippen molar-refractivity contribution in [3.05, 3.63) is 109 Å². The number of nitrogens with zero attached hydrogens (tertiary/aromatic N) is 2. The van der Waals surface area contributed by atoms with E-state index >= 15 is 0 Å². The first-order valence-electron chi connectivity index (χ1n) is 12.0. The van der Waals surface area contributed by atoms with E-state index in [9.17, 15) is 31.1 Å². The molecule has 0 atom stereocenters. The van der Waals surface area contributed by atoms with Crippen molar-refractivity contribution in [2.24, 2.45) is 0 Å². The molecule has 1 aromatic heterocycles. The summed E-state index contributed by atoms with van der Waals surface area (Å²) < 4.78 is 80.2. The van der Waals surface area contributed by atoms with E-state index in [-0.39, 0.29) is 20.1 Å². The number of alkyl halides is 6. The van der Waals surface area contributed by atoms with E-state index in [1.807, 2.05) is 104 Å². The molecule has 0 amide bonds. The van der Waals surface area contributed by atoms with Gasteiger partial charge in [-0.2, -0.15) is 26.3 Å². The van der Waals surface area contributed by atoms with Crippen molar-refractivity contribution in [3.8, 4) is 34.3 Å². The Morgan fingerprint density at radius 3 is 1.91 bits per heavy atom. The fourth-order valence-corrected chi connectivity index (χ4v) is 3.16. The van der Waals surface area contributed by atoms with Crippen LogP contribution in [0.2, 0.25) is 0 Å². The Kier molecular flexibility index (Phi) is 12.3. The summed E-state index contributed by atoms with van der Waals surface area (Å²) >= 11 is 0. The molecular weight excluding hydrogens is 759 g/mol. The summed E-state index contributed by atoms with van der Waals surface area (Å²) in [6.45, 7) is 0. The number of carbonyl (C=O) groups excluding carboxylic acids is 1. The van der Waals surface area contributed by atoms with Crippen LogP contribution in [0.15, 0.2) is 103 Å². The first-order chi connectivity index (χ1) is 19.7. The predicted molar refractivity (Wildman–Crippen MR) is 144 cm³/mol. The maximum absolute atomic E-state index is 11.4. The molecule has 0 aliphatic rings. The summed E-state index contributed by atoms with van der Waals surface area (Å²) in [6.07, 6.45) is -9.89. The molecule has 0 saturated heterocycles. The normalized spacial score (nSPS) is 11.4. The van der Waals surface area contributed by atoms with E-state index in [2.05, 4.69) is 11.1 Å². The van der Waals surface area contributed by atoms with Crippen LogP contribution in [0.4, 0.5) is 32.0 Å². The van der Waals surface area contributed by atoms with Gasteiger partial charge in [-0.3, -0.25) is 4.79 Å². The van der Waals surface area contributed by atoms with Crippen LogP contribution >= 0.6 is 0 Å². The van der Waals surface area contributed by atoms with Crippen LogP contribution in [0.25, 0.3) is 11.3 Å². The second-order valence-electron chi connectivity index (χ2n) is 8.59. The molecule has 0 unspecified atom stereocenters. The second kappa shape index (κ2) is 15.2. The molecule has 0 aliphatic carbocycles. The molecule has 0 saturated carbocycles. The Labute approximate surface area is 256 Å². The minimum atomic E-state index is -5.42. The van der Waals surface area contributed by atoms with Gasteiger partial charge in [0.2, 0.25) is 5.76 Å². The van der Waals surface area contributed by atoms with Gasteiger partial charge in [-0.15, -0.1) is 12.1 Å². The molecule has 0 spiro atoms. The summed E-state index contributed by atoms with van der Waals surface area (Å²) in [5.74, 6) is -2.56. The Balaban J connectivity index is 0.000000394. The second-order valence-corrected chi connectivity index (χ2v) is 8.59. The van der Waals surface area contributed by atoms with E-state index in [1.54, 1.807) is 6.20 Å². The number of rotatable bonds is 7. The largest absolute Gasteiger partial charge is 0.504 e. The van der Waals surface area contributed by atoms with Gasteiger partial charge >= 0.3 is 12.4 Å². The number of aliphatic hydroxyl groups excluding tert-OH is 1. The van der Waals surface area contributed by atoms with Crippen molar-refractivity contribution in [1.29, 1.82) is 0 Å². The third kappa shape index (κ3) is 10.8. The zero-order valence-corrected chi connectivity index (χ0v) is 24.8. The molecule has 1 radical (unpaired) electrons. The van der Waals surface area contributed by atoms with Gasteiger partial charge in [0.1, 0.15) is 11.5 Å². The van der Waals surface area contributed by atoms with Gasteiger partial charge in [-0.1, -0.05) is 54.1 Å². The Hall–Kier alpha value is -4.35. The average molecular weight is 782 g/mol. The molecule has 6 nitrogen and oxygen atoms in total. The number of pyridine rings is 1. The molecule has 13 heteroatoms. The van der Waals surface area contributed by atoms with Crippen molar-refractivity contribution in [1.82, 2.24) is 4.98 Å². The Morgan fingerprint density at radius 1 is 0.837 bits per heavy atom. The quantitative estimate of drug-likeness (QED) is 0.0881. The third-order valence-electron chi connectivity index (χ3n) is 5.18. The number of para-hydroxylation sites is 2.